The molecule has 1 saturated heterocycles. The van der Waals surface area contributed by atoms with Gasteiger partial charge in [0.15, 0.2) is 6.29 Å². The highest BCUT2D eigenvalue weighted by Gasteiger charge is 2.44. The van der Waals surface area contributed by atoms with Crippen LogP contribution in [0.2, 0.25) is 0 Å². The highest BCUT2D eigenvalue weighted by atomic mass is 16.7. The third kappa shape index (κ3) is 40.0. The van der Waals surface area contributed by atoms with Gasteiger partial charge in [-0.2, -0.15) is 0 Å². The molecule has 0 radical (unpaired) electrons. The molecule has 6 N–H and O–H groups in total. The van der Waals surface area contributed by atoms with Crippen molar-refractivity contribution in [3.05, 3.63) is 48.6 Å². The van der Waals surface area contributed by atoms with Crippen LogP contribution in [-0.4, -0.2) is 100 Å². The Bertz CT molecular complexity index is 1340. The first-order valence-electron chi connectivity index (χ1n) is 29.9. The van der Waals surface area contributed by atoms with Crippen molar-refractivity contribution >= 4 is 11.9 Å². The van der Waals surface area contributed by atoms with Crippen LogP contribution >= 0.6 is 0 Å². The van der Waals surface area contributed by atoms with Gasteiger partial charge in [-0.15, -0.1) is 0 Å². The summed E-state index contributed by atoms with van der Waals surface area (Å²) in [6.45, 7) is 4.24. The summed E-state index contributed by atoms with van der Waals surface area (Å²) < 4.78 is 16.6. The number of aliphatic hydroxyl groups excluding tert-OH is 5. The zero-order valence-electron chi connectivity index (χ0n) is 46.1. The molecule has 1 aliphatic heterocycles. The van der Waals surface area contributed by atoms with Gasteiger partial charge in [-0.3, -0.25) is 9.59 Å². The number of carbonyl (C=O) groups is 2. The van der Waals surface area contributed by atoms with Crippen LogP contribution in [0.1, 0.15) is 264 Å². The Morgan fingerprint density at radius 1 is 0.500 bits per heavy atom. The average Bonchev–Trinajstić information content (AvgIpc) is 3.38. The normalized spacial score (nSPS) is 19.3. The number of allylic oxidation sites excluding steroid dienone is 7. The topological polar surface area (TPSA) is 175 Å². The lowest BCUT2D eigenvalue weighted by Crippen LogP contribution is -2.60. The van der Waals surface area contributed by atoms with E-state index in [1.54, 1.807) is 6.08 Å². The molecule has 1 aliphatic rings. The predicted octanol–water partition coefficient (Wildman–Crippen LogP) is 13.7. The third-order valence-corrected chi connectivity index (χ3v) is 13.9. The second-order valence-corrected chi connectivity index (χ2v) is 20.7. The van der Waals surface area contributed by atoms with Crippen molar-refractivity contribution in [2.24, 2.45) is 0 Å². The molecule has 7 atom stereocenters. The quantitative estimate of drug-likeness (QED) is 0.0195. The van der Waals surface area contributed by atoms with Crippen LogP contribution < -0.4 is 5.32 Å². The van der Waals surface area contributed by atoms with E-state index in [0.29, 0.717) is 19.4 Å². The molecule has 72 heavy (non-hydrogen) atoms. The van der Waals surface area contributed by atoms with E-state index in [4.69, 9.17) is 14.2 Å². The average molecular weight is 1020 g/mol. The Hall–Kier alpha value is -2.38. The van der Waals surface area contributed by atoms with Gasteiger partial charge >= 0.3 is 5.97 Å². The standard InChI is InChI=1S/C61H111NO10/c1-3-5-7-9-11-13-14-25-29-33-37-41-45-49-57(66)70-50-46-42-38-34-30-27-24-22-20-18-16-15-17-19-21-23-26-28-32-36-40-44-48-56(65)62-53(54(64)47-43-39-35-31-12-10-8-6-4-2)52-71-61-60(69)59(68)58(67)55(51-63)72-61/h12-14,17,19,31,43,47,53-55,58-61,63-64,67-69H,3-11,15-16,18,20-30,32-42,44-46,48-52H2,1-2H3,(H,62,65)/b14-13-,19-17-,31-12+,47-43+. The number of unbranched alkanes of at least 4 members (excludes halogenated alkanes) is 31. The van der Waals surface area contributed by atoms with Crippen LogP contribution in [0.4, 0.5) is 0 Å². The number of hydrogen-bond donors (Lipinski definition) is 6. The summed E-state index contributed by atoms with van der Waals surface area (Å²) in [6, 6.07) is -0.832. The molecule has 1 amide bonds. The summed E-state index contributed by atoms with van der Waals surface area (Å²) in [5.41, 5.74) is 0. The Morgan fingerprint density at radius 3 is 1.40 bits per heavy atom. The van der Waals surface area contributed by atoms with Crippen molar-refractivity contribution in [3.8, 4) is 0 Å². The summed E-state index contributed by atoms with van der Waals surface area (Å²) >= 11 is 0. The van der Waals surface area contributed by atoms with Gasteiger partial charge in [0, 0.05) is 12.8 Å². The van der Waals surface area contributed by atoms with Gasteiger partial charge in [-0.25, -0.2) is 0 Å². The molecule has 11 heteroatoms. The lowest BCUT2D eigenvalue weighted by Gasteiger charge is -2.40. The minimum absolute atomic E-state index is 0.0129. The number of hydrogen-bond acceptors (Lipinski definition) is 10. The number of ether oxygens (including phenoxy) is 3. The van der Waals surface area contributed by atoms with E-state index < -0.39 is 49.5 Å². The fourth-order valence-electron chi connectivity index (χ4n) is 9.09. The lowest BCUT2D eigenvalue weighted by molar-refractivity contribution is -0.302. The molecule has 0 aliphatic carbocycles. The minimum Gasteiger partial charge on any atom is -0.466 e. The fraction of sp³-hybridized carbons (Fsp3) is 0.836. The summed E-state index contributed by atoms with van der Waals surface area (Å²) in [7, 11) is 0. The Morgan fingerprint density at radius 2 is 0.903 bits per heavy atom. The Balaban J connectivity index is 2.02. The van der Waals surface area contributed by atoms with Gasteiger partial charge in [-0.1, -0.05) is 204 Å². The second-order valence-electron chi connectivity index (χ2n) is 20.7. The van der Waals surface area contributed by atoms with Crippen LogP contribution in [0.3, 0.4) is 0 Å². The zero-order chi connectivity index (χ0) is 52.4. The number of carbonyl (C=O) groups excluding carboxylic acids is 2. The third-order valence-electron chi connectivity index (χ3n) is 13.9. The SMILES string of the molecule is CCCCC/C=C/CC/C=C/C(O)C(COC1OC(CO)C(O)C(O)C1O)NC(=O)CCCCCCCCC/C=C\CCCCCCCCCCCCCOC(=O)CCCCCCC/C=C\CCCCCC. The number of nitrogens with one attached hydrogen (secondary N) is 1. The van der Waals surface area contributed by atoms with Crippen molar-refractivity contribution in [1.29, 1.82) is 0 Å². The van der Waals surface area contributed by atoms with Crippen LogP contribution in [0, 0.1) is 0 Å². The van der Waals surface area contributed by atoms with E-state index in [1.165, 1.54) is 161 Å². The van der Waals surface area contributed by atoms with Crippen molar-refractivity contribution in [3.63, 3.8) is 0 Å². The molecule has 7 unspecified atom stereocenters. The molecule has 1 rings (SSSR count). The summed E-state index contributed by atoms with van der Waals surface area (Å²) in [5.74, 6) is -0.215. The number of amides is 1. The lowest BCUT2D eigenvalue weighted by atomic mass is 9.99. The van der Waals surface area contributed by atoms with Crippen LogP contribution in [0.5, 0.6) is 0 Å². The Labute approximate surface area is 440 Å². The molecule has 420 valence electrons. The van der Waals surface area contributed by atoms with Gasteiger partial charge in [0.2, 0.25) is 5.91 Å². The largest absolute Gasteiger partial charge is 0.466 e. The van der Waals surface area contributed by atoms with E-state index in [1.807, 2.05) is 6.08 Å². The molecule has 0 bridgehead atoms. The number of aliphatic hydroxyl groups is 5. The molecule has 0 aromatic heterocycles. The fourth-order valence-corrected chi connectivity index (χ4v) is 9.09. The second kappa shape index (κ2) is 50.8. The maximum Gasteiger partial charge on any atom is 0.305 e. The first kappa shape index (κ1) is 67.6. The smallest absolute Gasteiger partial charge is 0.305 e. The molecular formula is C61H111NO10. The highest BCUT2D eigenvalue weighted by molar-refractivity contribution is 5.76. The van der Waals surface area contributed by atoms with E-state index in [-0.39, 0.29) is 18.5 Å². The molecule has 1 fully saturated rings. The predicted molar refractivity (Wildman–Crippen MR) is 297 cm³/mol. The van der Waals surface area contributed by atoms with Crippen molar-refractivity contribution < 1.29 is 49.3 Å². The van der Waals surface area contributed by atoms with Gasteiger partial charge < -0.3 is 45.1 Å². The molecular weight excluding hydrogens is 907 g/mol. The van der Waals surface area contributed by atoms with E-state index >= 15 is 0 Å². The van der Waals surface area contributed by atoms with Crippen molar-refractivity contribution in [2.75, 3.05) is 19.8 Å². The van der Waals surface area contributed by atoms with E-state index in [2.05, 4.69) is 55.6 Å². The molecule has 0 aromatic carbocycles. The summed E-state index contributed by atoms with van der Waals surface area (Å²) in [4.78, 5) is 25.0. The van der Waals surface area contributed by atoms with Crippen LogP contribution in [-0.2, 0) is 23.8 Å². The van der Waals surface area contributed by atoms with Gasteiger partial charge in [0.05, 0.1) is 32.0 Å². The molecule has 0 saturated carbocycles. The zero-order valence-corrected chi connectivity index (χ0v) is 46.1. The maximum absolute atomic E-state index is 13.0. The number of rotatable bonds is 51. The van der Waals surface area contributed by atoms with Crippen LogP contribution in [0.15, 0.2) is 48.6 Å². The van der Waals surface area contributed by atoms with Gasteiger partial charge in [-0.05, 0) is 96.3 Å². The number of esters is 1. The monoisotopic (exact) mass is 1020 g/mol. The molecule has 1 heterocycles. The van der Waals surface area contributed by atoms with Gasteiger partial charge in [0.25, 0.3) is 0 Å². The first-order chi connectivity index (χ1) is 35.2. The summed E-state index contributed by atoms with van der Waals surface area (Å²) in [6.07, 6.45) is 53.7. The highest BCUT2D eigenvalue weighted by Crippen LogP contribution is 2.23. The first-order valence-corrected chi connectivity index (χ1v) is 29.9. The Kier molecular flexibility index (Phi) is 47.7. The van der Waals surface area contributed by atoms with Crippen molar-refractivity contribution in [2.45, 2.75) is 307 Å². The minimum atomic E-state index is -1.58. The molecule has 11 nitrogen and oxygen atoms in total. The molecule has 0 aromatic rings. The van der Waals surface area contributed by atoms with E-state index in [9.17, 15) is 35.1 Å². The van der Waals surface area contributed by atoms with E-state index in [0.717, 1.165) is 77.0 Å². The van der Waals surface area contributed by atoms with Crippen LogP contribution in [0.25, 0.3) is 0 Å². The van der Waals surface area contributed by atoms with Crippen molar-refractivity contribution in [1.82, 2.24) is 5.32 Å². The molecule has 0 spiro atoms. The maximum atomic E-state index is 13.0. The summed E-state index contributed by atoms with van der Waals surface area (Å²) in [5, 5.41) is 54.1. The van der Waals surface area contributed by atoms with Gasteiger partial charge in [0.1, 0.15) is 24.4 Å².